The van der Waals surface area contributed by atoms with Gasteiger partial charge in [0.15, 0.2) is 10.8 Å². The van der Waals surface area contributed by atoms with Gasteiger partial charge in [0.05, 0.1) is 5.69 Å². The molecule has 3 heterocycles. The summed E-state index contributed by atoms with van der Waals surface area (Å²) in [6.45, 7) is 3.98. The van der Waals surface area contributed by atoms with Gasteiger partial charge in [-0.15, -0.1) is 21.5 Å². The minimum Gasteiger partial charge on any atom is -0.279 e. The van der Waals surface area contributed by atoms with Crippen LogP contribution < -0.4 is 0 Å². The van der Waals surface area contributed by atoms with Crippen LogP contribution in [0.3, 0.4) is 0 Å². The fourth-order valence-corrected chi connectivity index (χ4v) is 3.28. The fraction of sp³-hybridized carbons (Fsp3) is 0.357. The first-order valence-corrected chi connectivity index (χ1v) is 7.81. The Balaban J connectivity index is 1.85. The highest BCUT2D eigenvalue weighted by atomic mass is 35.5. The van der Waals surface area contributed by atoms with Gasteiger partial charge in [0.2, 0.25) is 0 Å². The predicted octanol–water partition coefficient (Wildman–Crippen LogP) is 3.63. The number of halogens is 1. The first-order valence-electron chi connectivity index (χ1n) is 6.56. The Morgan fingerprint density at radius 1 is 1.25 bits per heavy atom. The van der Waals surface area contributed by atoms with Crippen LogP contribution in [0, 0.1) is 13.8 Å². The number of aromatic nitrogens is 4. The summed E-state index contributed by atoms with van der Waals surface area (Å²) < 4.78 is 2.03. The molecule has 0 radical (unpaired) electrons. The number of hydrogen-bond acceptors (Lipinski definition) is 4. The van der Waals surface area contributed by atoms with E-state index in [0.29, 0.717) is 10.8 Å². The third-order valence-electron chi connectivity index (χ3n) is 3.44. The summed E-state index contributed by atoms with van der Waals surface area (Å²) in [5.41, 5.74) is 2.63. The molecule has 0 spiro atoms. The van der Waals surface area contributed by atoms with Crippen LogP contribution in [-0.2, 0) is 12.8 Å². The van der Waals surface area contributed by atoms with Crippen LogP contribution in [-0.4, -0.2) is 19.6 Å². The molecule has 0 saturated heterocycles. The Morgan fingerprint density at radius 3 is 2.85 bits per heavy atom. The van der Waals surface area contributed by atoms with Crippen molar-refractivity contribution in [1.82, 2.24) is 19.6 Å². The molecule has 0 aliphatic heterocycles. The molecule has 3 rings (SSSR count). The van der Waals surface area contributed by atoms with Crippen molar-refractivity contribution >= 4 is 28.6 Å². The largest absolute Gasteiger partial charge is 0.279 e. The number of thiophene rings is 1. The van der Waals surface area contributed by atoms with Crippen molar-refractivity contribution in [2.75, 3.05) is 0 Å². The molecule has 0 aliphatic rings. The quantitative estimate of drug-likeness (QED) is 0.739. The van der Waals surface area contributed by atoms with E-state index in [1.54, 1.807) is 11.3 Å². The predicted molar refractivity (Wildman–Crippen MR) is 81.6 cm³/mol. The Labute approximate surface area is 126 Å². The zero-order chi connectivity index (χ0) is 14.1. The monoisotopic (exact) mass is 306 g/mol. The number of aryl methyl sites for hydroxylation is 4. The first-order chi connectivity index (χ1) is 9.66. The molecule has 3 aromatic heterocycles. The molecule has 0 amide bonds. The van der Waals surface area contributed by atoms with Crippen molar-refractivity contribution in [2.45, 2.75) is 33.1 Å². The van der Waals surface area contributed by atoms with Crippen molar-refractivity contribution in [1.29, 1.82) is 0 Å². The third-order valence-corrected chi connectivity index (χ3v) is 4.63. The summed E-state index contributed by atoms with van der Waals surface area (Å²) >= 11 is 7.93. The normalized spacial score (nSPS) is 11.3. The van der Waals surface area contributed by atoms with Crippen molar-refractivity contribution in [3.8, 4) is 0 Å². The molecule has 104 valence electrons. The van der Waals surface area contributed by atoms with Gasteiger partial charge in [-0.3, -0.25) is 4.40 Å². The highest BCUT2D eigenvalue weighted by Crippen LogP contribution is 2.19. The van der Waals surface area contributed by atoms with Gasteiger partial charge >= 0.3 is 0 Å². The molecule has 0 N–H and O–H groups in total. The van der Waals surface area contributed by atoms with Crippen LogP contribution in [0.15, 0.2) is 17.5 Å². The molecule has 0 saturated carbocycles. The Morgan fingerprint density at radius 2 is 2.10 bits per heavy atom. The van der Waals surface area contributed by atoms with Gasteiger partial charge in [-0.05, 0) is 38.1 Å². The van der Waals surface area contributed by atoms with E-state index < -0.39 is 0 Å². The van der Waals surface area contributed by atoms with Crippen LogP contribution in [0.25, 0.3) is 5.65 Å². The zero-order valence-electron chi connectivity index (χ0n) is 11.4. The summed E-state index contributed by atoms with van der Waals surface area (Å²) in [5, 5.41) is 11.0. The summed E-state index contributed by atoms with van der Waals surface area (Å²) in [6, 6.07) is 4.26. The van der Waals surface area contributed by atoms with Crippen LogP contribution >= 0.6 is 22.9 Å². The summed E-state index contributed by atoms with van der Waals surface area (Å²) in [7, 11) is 0. The SMILES string of the molecule is Cc1nc(Cl)c2nnc(CCCc3cccs3)n2c1C. The molecule has 0 fully saturated rings. The molecule has 20 heavy (non-hydrogen) atoms. The molecule has 3 aromatic rings. The van der Waals surface area contributed by atoms with Gasteiger partial charge in [-0.1, -0.05) is 17.7 Å². The smallest absolute Gasteiger partial charge is 0.198 e. The molecule has 0 unspecified atom stereocenters. The molecular formula is C14H15ClN4S. The van der Waals surface area contributed by atoms with E-state index in [0.717, 1.165) is 36.5 Å². The number of fused-ring (bicyclic) bond motifs is 1. The minimum absolute atomic E-state index is 0.421. The summed E-state index contributed by atoms with van der Waals surface area (Å²) in [5.74, 6) is 0.960. The van der Waals surface area contributed by atoms with Crippen LogP contribution in [0.1, 0.15) is 28.5 Å². The average Bonchev–Trinajstić information content (AvgIpc) is 3.06. The van der Waals surface area contributed by atoms with Gasteiger partial charge < -0.3 is 0 Å². The third kappa shape index (κ3) is 2.43. The summed E-state index contributed by atoms with van der Waals surface area (Å²) in [4.78, 5) is 5.69. The number of rotatable bonds is 4. The number of hydrogen-bond donors (Lipinski definition) is 0. The van der Waals surface area contributed by atoms with Gasteiger partial charge in [0.1, 0.15) is 5.82 Å². The molecule has 0 aromatic carbocycles. The lowest BCUT2D eigenvalue weighted by Crippen LogP contribution is -2.03. The number of nitrogens with zero attached hydrogens (tertiary/aromatic N) is 4. The van der Waals surface area contributed by atoms with Crippen molar-refractivity contribution in [3.05, 3.63) is 44.8 Å². The van der Waals surface area contributed by atoms with E-state index in [1.807, 2.05) is 18.2 Å². The van der Waals surface area contributed by atoms with E-state index >= 15 is 0 Å². The lowest BCUT2D eigenvalue weighted by molar-refractivity contribution is 0.758. The van der Waals surface area contributed by atoms with Gasteiger partial charge in [0.25, 0.3) is 0 Å². The lowest BCUT2D eigenvalue weighted by Gasteiger charge is -2.07. The molecule has 4 nitrogen and oxygen atoms in total. The highest BCUT2D eigenvalue weighted by Gasteiger charge is 2.13. The van der Waals surface area contributed by atoms with E-state index in [4.69, 9.17) is 11.6 Å². The Hall–Kier alpha value is -1.46. The van der Waals surface area contributed by atoms with Crippen LogP contribution in [0.5, 0.6) is 0 Å². The first kappa shape index (κ1) is 13.5. The van der Waals surface area contributed by atoms with Crippen molar-refractivity contribution < 1.29 is 0 Å². The topological polar surface area (TPSA) is 43.1 Å². The van der Waals surface area contributed by atoms with E-state index in [-0.39, 0.29) is 0 Å². The Kier molecular flexibility index (Phi) is 3.72. The van der Waals surface area contributed by atoms with Gasteiger partial charge in [-0.25, -0.2) is 4.98 Å². The second kappa shape index (κ2) is 5.50. The van der Waals surface area contributed by atoms with E-state index in [1.165, 1.54) is 4.88 Å². The summed E-state index contributed by atoms with van der Waals surface area (Å²) in [6.07, 6.45) is 3.02. The molecule has 0 bridgehead atoms. The molecule has 0 atom stereocenters. The second-order valence-electron chi connectivity index (χ2n) is 4.78. The standard InChI is InChI=1S/C14H15ClN4S/c1-9-10(2)19-12(17-18-14(19)13(15)16-9)7-3-5-11-6-4-8-20-11/h4,6,8H,3,5,7H2,1-2H3. The van der Waals surface area contributed by atoms with E-state index in [9.17, 15) is 0 Å². The second-order valence-corrected chi connectivity index (χ2v) is 6.17. The highest BCUT2D eigenvalue weighted by molar-refractivity contribution is 7.09. The Bertz CT molecular complexity index is 733. The van der Waals surface area contributed by atoms with Crippen molar-refractivity contribution in [2.24, 2.45) is 0 Å². The maximum atomic E-state index is 6.13. The maximum absolute atomic E-state index is 6.13. The minimum atomic E-state index is 0.421. The van der Waals surface area contributed by atoms with Crippen LogP contribution in [0.2, 0.25) is 5.15 Å². The van der Waals surface area contributed by atoms with Crippen molar-refractivity contribution in [3.63, 3.8) is 0 Å². The van der Waals surface area contributed by atoms with Gasteiger partial charge in [-0.2, -0.15) is 0 Å². The molecular weight excluding hydrogens is 292 g/mol. The average molecular weight is 307 g/mol. The fourth-order valence-electron chi connectivity index (χ4n) is 2.28. The molecule has 0 aliphatic carbocycles. The maximum Gasteiger partial charge on any atom is 0.198 e. The lowest BCUT2D eigenvalue weighted by atomic mass is 10.2. The van der Waals surface area contributed by atoms with E-state index in [2.05, 4.69) is 32.7 Å². The van der Waals surface area contributed by atoms with Gasteiger partial charge in [0, 0.05) is 17.0 Å². The molecule has 6 heteroatoms. The van der Waals surface area contributed by atoms with Crippen LogP contribution in [0.4, 0.5) is 0 Å². The zero-order valence-corrected chi connectivity index (χ0v) is 13.0.